The molecule has 0 unspecified atom stereocenters. The Morgan fingerprint density at radius 1 is 1.31 bits per heavy atom. The summed E-state index contributed by atoms with van der Waals surface area (Å²) in [5, 5.41) is 7.77. The zero-order valence-electron chi connectivity index (χ0n) is 10.9. The Balaban J connectivity index is 2.12. The van der Waals surface area contributed by atoms with Gasteiger partial charge < -0.3 is 5.32 Å². The number of rotatable bonds is 8. The molecule has 1 rings (SSSR count). The summed E-state index contributed by atoms with van der Waals surface area (Å²) in [6.45, 7) is 8.81. The summed E-state index contributed by atoms with van der Waals surface area (Å²) >= 11 is 0. The van der Waals surface area contributed by atoms with E-state index in [9.17, 15) is 0 Å². The smallest absolute Gasteiger partial charge is 0.0521 e. The van der Waals surface area contributed by atoms with Crippen LogP contribution in [0.3, 0.4) is 0 Å². The lowest BCUT2D eigenvalue weighted by molar-refractivity contribution is 0.531. The van der Waals surface area contributed by atoms with Crippen molar-refractivity contribution in [2.45, 2.75) is 52.5 Å². The van der Waals surface area contributed by atoms with Gasteiger partial charge in [-0.05, 0) is 58.2 Å². The van der Waals surface area contributed by atoms with Gasteiger partial charge in [-0.2, -0.15) is 5.10 Å². The molecule has 1 aromatic heterocycles. The van der Waals surface area contributed by atoms with Crippen LogP contribution < -0.4 is 5.32 Å². The van der Waals surface area contributed by atoms with E-state index < -0.39 is 0 Å². The van der Waals surface area contributed by atoms with Crippen molar-refractivity contribution < 1.29 is 0 Å². The number of hydrogen-bond acceptors (Lipinski definition) is 2. The molecule has 0 spiro atoms. The molecule has 0 saturated heterocycles. The van der Waals surface area contributed by atoms with Crippen LogP contribution in [-0.4, -0.2) is 22.9 Å². The molecule has 0 aliphatic rings. The molecule has 1 heterocycles. The van der Waals surface area contributed by atoms with Gasteiger partial charge in [0.1, 0.15) is 0 Å². The second-order valence-corrected chi connectivity index (χ2v) is 4.63. The summed E-state index contributed by atoms with van der Waals surface area (Å²) in [5.74, 6) is 0. The van der Waals surface area contributed by atoms with Crippen LogP contribution in [0.5, 0.6) is 0 Å². The Hall–Kier alpha value is -0.830. The molecule has 92 valence electrons. The van der Waals surface area contributed by atoms with Gasteiger partial charge in [-0.15, -0.1) is 0 Å². The fourth-order valence-electron chi connectivity index (χ4n) is 1.67. The van der Waals surface area contributed by atoms with Gasteiger partial charge in [-0.3, -0.25) is 4.68 Å². The number of nitrogens with one attached hydrogen (secondary N) is 1. The lowest BCUT2D eigenvalue weighted by atomic mass is 10.1. The first kappa shape index (κ1) is 13.2. The quantitative estimate of drug-likeness (QED) is 0.687. The van der Waals surface area contributed by atoms with Crippen molar-refractivity contribution in [1.82, 2.24) is 15.1 Å². The second kappa shape index (κ2) is 7.44. The molecule has 0 atom stereocenters. The average molecular weight is 223 g/mol. The van der Waals surface area contributed by atoms with Crippen molar-refractivity contribution >= 4 is 0 Å². The highest BCUT2D eigenvalue weighted by Gasteiger charge is 2.01. The van der Waals surface area contributed by atoms with E-state index in [1.807, 2.05) is 10.9 Å². The summed E-state index contributed by atoms with van der Waals surface area (Å²) < 4.78 is 2.03. The van der Waals surface area contributed by atoms with Gasteiger partial charge in [-0.25, -0.2) is 0 Å². The fraction of sp³-hybridized carbons (Fsp3) is 0.769. The molecule has 3 heteroatoms. The third-order valence-corrected chi connectivity index (χ3v) is 2.68. The molecule has 0 saturated carbocycles. The number of aromatic nitrogens is 2. The first-order valence-corrected chi connectivity index (χ1v) is 6.47. The van der Waals surface area contributed by atoms with Gasteiger partial charge in [0, 0.05) is 12.2 Å². The summed E-state index contributed by atoms with van der Waals surface area (Å²) in [4.78, 5) is 0. The molecule has 0 bridgehead atoms. The Kier molecular flexibility index (Phi) is 6.16. The molecule has 16 heavy (non-hydrogen) atoms. The van der Waals surface area contributed by atoms with Gasteiger partial charge in [0.2, 0.25) is 0 Å². The zero-order valence-corrected chi connectivity index (χ0v) is 10.9. The van der Waals surface area contributed by atoms with E-state index in [0.717, 1.165) is 19.5 Å². The minimum absolute atomic E-state index is 0.472. The van der Waals surface area contributed by atoms with Crippen LogP contribution in [0.4, 0.5) is 0 Å². The normalized spacial score (nSPS) is 11.2. The van der Waals surface area contributed by atoms with Crippen LogP contribution in [0, 0.1) is 0 Å². The van der Waals surface area contributed by atoms with Gasteiger partial charge in [0.05, 0.1) is 6.20 Å². The number of nitrogens with zero attached hydrogens (tertiary/aromatic N) is 2. The molecule has 1 N–H and O–H groups in total. The van der Waals surface area contributed by atoms with E-state index in [2.05, 4.69) is 37.4 Å². The van der Waals surface area contributed by atoms with Crippen molar-refractivity contribution in [3.05, 3.63) is 18.0 Å². The van der Waals surface area contributed by atoms with E-state index >= 15 is 0 Å². The van der Waals surface area contributed by atoms with Crippen molar-refractivity contribution in [2.75, 3.05) is 13.1 Å². The standard InChI is InChI=1S/C13H25N3/c1-4-8-14-9-6-5-7-13-10-15-16(11-13)12(2)3/h10-12,14H,4-9H2,1-3H3. The molecular weight excluding hydrogens is 198 g/mol. The van der Waals surface area contributed by atoms with E-state index in [0.29, 0.717) is 6.04 Å². The first-order chi connectivity index (χ1) is 7.74. The molecule has 0 amide bonds. The van der Waals surface area contributed by atoms with Gasteiger partial charge in [-0.1, -0.05) is 6.92 Å². The predicted molar refractivity (Wildman–Crippen MR) is 68.7 cm³/mol. The highest BCUT2D eigenvalue weighted by molar-refractivity contribution is 5.04. The van der Waals surface area contributed by atoms with Gasteiger partial charge in [0.25, 0.3) is 0 Å². The van der Waals surface area contributed by atoms with E-state index in [1.54, 1.807) is 0 Å². The maximum atomic E-state index is 4.35. The third kappa shape index (κ3) is 4.79. The predicted octanol–water partition coefficient (Wildman–Crippen LogP) is 2.79. The Bertz CT molecular complexity index is 278. The Morgan fingerprint density at radius 3 is 2.75 bits per heavy atom. The highest BCUT2D eigenvalue weighted by atomic mass is 15.3. The molecule has 0 aliphatic heterocycles. The topological polar surface area (TPSA) is 29.9 Å². The van der Waals surface area contributed by atoms with E-state index in [-0.39, 0.29) is 0 Å². The lowest BCUT2D eigenvalue weighted by Crippen LogP contribution is -2.15. The number of unbranched alkanes of at least 4 members (excludes halogenated alkanes) is 1. The second-order valence-electron chi connectivity index (χ2n) is 4.63. The third-order valence-electron chi connectivity index (χ3n) is 2.68. The van der Waals surface area contributed by atoms with Crippen molar-refractivity contribution in [1.29, 1.82) is 0 Å². The molecule has 3 nitrogen and oxygen atoms in total. The summed E-state index contributed by atoms with van der Waals surface area (Å²) in [5.41, 5.74) is 1.36. The number of aryl methyl sites for hydroxylation is 1. The first-order valence-electron chi connectivity index (χ1n) is 6.47. The van der Waals surface area contributed by atoms with E-state index in [1.165, 1.54) is 24.8 Å². The van der Waals surface area contributed by atoms with Crippen LogP contribution in [0.25, 0.3) is 0 Å². The lowest BCUT2D eigenvalue weighted by Gasteiger charge is -2.03. The van der Waals surface area contributed by atoms with Gasteiger partial charge >= 0.3 is 0 Å². The minimum atomic E-state index is 0.472. The maximum Gasteiger partial charge on any atom is 0.0521 e. The van der Waals surface area contributed by atoms with Crippen molar-refractivity contribution in [3.8, 4) is 0 Å². The van der Waals surface area contributed by atoms with Crippen LogP contribution in [0.1, 0.15) is 51.6 Å². The maximum absolute atomic E-state index is 4.35. The Labute approximate surface area is 99.2 Å². The summed E-state index contributed by atoms with van der Waals surface area (Å²) in [6.07, 6.45) is 9.05. The number of hydrogen-bond donors (Lipinski definition) is 1. The van der Waals surface area contributed by atoms with Crippen LogP contribution in [0.15, 0.2) is 12.4 Å². The monoisotopic (exact) mass is 223 g/mol. The van der Waals surface area contributed by atoms with Crippen LogP contribution >= 0.6 is 0 Å². The van der Waals surface area contributed by atoms with Crippen molar-refractivity contribution in [2.24, 2.45) is 0 Å². The van der Waals surface area contributed by atoms with Crippen molar-refractivity contribution in [3.63, 3.8) is 0 Å². The fourth-order valence-corrected chi connectivity index (χ4v) is 1.67. The molecule has 0 aliphatic carbocycles. The SMILES string of the molecule is CCCNCCCCc1cnn(C(C)C)c1. The molecule has 0 aromatic carbocycles. The Morgan fingerprint density at radius 2 is 2.12 bits per heavy atom. The molecule has 0 fully saturated rings. The van der Waals surface area contributed by atoms with Gasteiger partial charge in [0.15, 0.2) is 0 Å². The van der Waals surface area contributed by atoms with Crippen LogP contribution in [0.2, 0.25) is 0 Å². The summed E-state index contributed by atoms with van der Waals surface area (Å²) in [6, 6.07) is 0.472. The highest BCUT2D eigenvalue weighted by Crippen LogP contribution is 2.08. The largest absolute Gasteiger partial charge is 0.317 e. The van der Waals surface area contributed by atoms with Crippen LogP contribution in [-0.2, 0) is 6.42 Å². The minimum Gasteiger partial charge on any atom is -0.317 e. The molecular formula is C13H25N3. The molecule has 0 radical (unpaired) electrons. The summed E-state index contributed by atoms with van der Waals surface area (Å²) in [7, 11) is 0. The average Bonchev–Trinajstić information content (AvgIpc) is 2.72. The zero-order chi connectivity index (χ0) is 11.8. The van der Waals surface area contributed by atoms with E-state index in [4.69, 9.17) is 0 Å². The molecule has 1 aromatic rings.